The Kier molecular flexibility index (Phi) is 6.09. The predicted molar refractivity (Wildman–Crippen MR) is 109 cm³/mol. The zero-order valence-electron chi connectivity index (χ0n) is 15.9. The number of nitrogens with one attached hydrogen (secondary N) is 2. The molecule has 1 aromatic heterocycles. The first-order chi connectivity index (χ1) is 13.8. The van der Waals surface area contributed by atoms with Crippen LogP contribution in [0, 0.1) is 5.82 Å². The Bertz CT molecular complexity index is 1170. The van der Waals surface area contributed by atoms with E-state index in [0.29, 0.717) is 11.3 Å². The number of para-hydroxylation sites is 1. The third-order valence-electron chi connectivity index (χ3n) is 4.41. The van der Waals surface area contributed by atoms with E-state index in [4.69, 9.17) is 0 Å². The molecule has 0 radical (unpaired) electrons. The van der Waals surface area contributed by atoms with E-state index < -0.39 is 15.8 Å². The van der Waals surface area contributed by atoms with Gasteiger partial charge in [-0.3, -0.25) is 4.79 Å². The number of benzene rings is 2. The topological polar surface area (TPSA) is 93.1 Å². The summed E-state index contributed by atoms with van der Waals surface area (Å²) < 4.78 is 43.2. The number of carbonyl (C=O) groups excluding carboxylic acids is 1. The normalized spacial score (nSPS) is 11.5. The smallest absolute Gasteiger partial charge is 0.251 e. The second-order valence-corrected chi connectivity index (χ2v) is 8.14. The van der Waals surface area contributed by atoms with E-state index in [1.54, 1.807) is 23.7 Å². The third kappa shape index (κ3) is 4.52. The highest BCUT2D eigenvalue weighted by Gasteiger charge is 2.17. The van der Waals surface area contributed by atoms with Gasteiger partial charge in [0.05, 0.1) is 10.4 Å². The van der Waals surface area contributed by atoms with Gasteiger partial charge in [0.2, 0.25) is 10.0 Å². The van der Waals surface area contributed by atoms with Gasteiger partial charge in [0.15, 0.2) is 5.82 Å². The molecule has 0 aliphatic carbocycles. The highest BCUT2D eigenvalue weighted by molar-refractivity contribution is 7.89. The average Bonchev–Trinajstić information content (AvgIpc) is 3.03. The molecule has 0 unspecified atom stereocenters. The van der Waals surface area contributed by atoms with Gasteiger partial charge < -0.3 is 9.88 Å². The first-order valence-corrected chi connectivity index (χ1v) is 10.4. The van der Waals surface area contributed by atoms with Gasteiger partial charge in [-0.05, 0) is 30.3 Å². The van der Waals surface area contributed by atoms with Crippen molar-refractivity contribution in [1.82, 2.24) is 19.6 Å². The summed E-state index contributed by atoms with van der Waals surface area (Å²) in [6.07, 6.45) is 1.82. The average molecular weight is 416 g/mol. The summed E-state index contributed by atoms with van der Waals surface area (Å²) >= 11 is 0. The minimum atomic E-state index is -3.82. The number of amides is 1. The first kappa shape index (κ1) is 20.7. The Morgan fingerprint density at radius 1 is 1.28 bits per heavy atom. The summed E-state index contributed by atoms with van der Waals surface area (Å²) in [6.45, 7) is 3.88. The number of aromatic nitrogens is 2. The molecule has 0 fully saturated rings. The van der Waals surface area contributed by atoms with Crippen LogP contribution in [0.3, 0.4) is 0 Å². The lowest BCUT2D eigenvalue weighted by Crippen LogP contribution is -2.27. The van der Waals surface area contributed by atoms with E-state index in [2.05, 4.69) is 21.6 Å². The lowest BCUT2D eigenvalue weighted by molar-refractivity contribution is 0.0958. The number of carbonyl (C=O) groups is 1. The Morgan fingerprint density at radius 3 is 2.76 bits per heavy atom. The number of rotatable bonds is 8. The molecule has 0 aliphatic rings. The van der Waals surface area contributed by atoms with Crippen molar-refractivity contribution >= 4 is 27.0 Å². The molecule has 2 N–H and O–H groups in total. The van der Waals surface area contributed by atoms with Crippen LogP contribution in [-0.4, -0.2) is 37.0 Å². The zero-order chi connectivity index (χ0) is 21.0. The third-order valence-corrected chi connectivity index (χ3v) is 5.87. The van der Waals surface area contributed by atoms with Crippen molar-refractivity contribution < 1.29 is 17.6 Å². The number of nitrogens with zero attached hydrogens (tertiary/aromatic N) is 2. The number of aryl methyl sites for hydroxylation is 1. The van der Waals surface area contributed by atoms with Gasteiger partial charge in [-0.25, -0.2) is 22.5 Å². The lowest BCUT2D eigenvalue weighted by atomic mass is 10.2. The molecule has 0 spiro atoms. The van der Waals surface area contributed by atoms with Crippen LogP contribution in [0.4, 0.5) is 4.39 Å². The minimum Gasteiger partial charge on any atom is -0.349 e. The SMILES string of the molecule is C=CCNC(=O)c1cccc(S(=O)(=O)NCCc2nc3c(F)cccc3n2C)c1. The van der Waals surface area contributed by atoms with Crippen LogP contribution in [0.15, 0.2) is 60.0 Å². The molecule has 7 nitrogen and oxygen atoms in total. The summed E-state index contributed by atoms with van der Waals surface area (Å²) in [5, 5.41) is 2.60. The van der Waals surface area contributed by atoms with E-state index in [1.165, 1.54) is 36.4 Å². The van der Waals surface area contributed by atoms with Gasteiger partial charge >= 0.3 is 0 Å². The fourth-order valence-electron chi connectivity index (χ4n) is 2.90. The van der Waals surface area contributed by atoms with Crippen LogP contribution in [0.1, 0.15) is 16.2 Å². The quantitative estimate of drug-likeness (QED) is 0.551. The molecule has 0 bridgehead atoms. The van der Waals surface area contributed by atoms with Crippen molar-refractivity contribution in [2.24, 2.45) is 7.05 Å². The molecule has 9 heteroatoms. The maximum absolute atomic E-state index is 13.9. The molecule has 0 saturated heterocycles. The molecule has 152 valence electrons. The number of imidazole rings is 1. The largest absolute Gasteiger partial charge is 0.349 e. The van der Waals surface area contributed by atoms with Gasteiger partial charge in [-0.2, -0.15) is 0 Å². The van der Waals surface area contributed by atoms with Crippen LogP contribution in [-0.2, 0) is 23.5 Å². The summed E-state index contributed by atoms with van der Waals surface area (Å²) in [5.74, 6) is -0.245. The molecule has 2 aromatic carbocycles. The Labute approximate surface area is 168 Å². The van der Waals surface area contributed by atoms with Crippen LogP contribution < -0.4 is 10.0 Å². The van der Waals surface area contributed by atoms with Crippen LogP contribution >= 0.6 is 0 Å². The first-order valence-electron chi connectivity index (χ1n) is 8.92. The number of halogens is 1. The van der Waals surface area contributed by atoms with Gasteiger partial charge in [-0.1, -0.05) is 18.2 Å². The minimum absolute atomic E-state index is 0.0141. The van der Waals surface area contributed by atoms with Crippen LogP contribution in [0.5, 0.6) is 0 Å². The molecule has 3 rings (SSSR count). The highest BCUT2D eigenvalue weighted by atomic mass is 32.2. The number of hydrogen-bond acceptors (Lipinski definition) is 4. The summed E-state index contributed by atoms with van der Waals surface area (Å²) in [6, 6.07) is 10.4. The molecular weight excluding hydrogens is 395 g/mol. The van der Waals surface area contributed by atoms with Crippen molar-refractivity contribution in [3.8, 4) is 0 Å². The van der Waals surface area contributed by atoms with Crippen molar-refractivity contribution in [1.29, 1.82) is 0 Å². The number of fused-ring (bicyclic) bond motifs is 1. The van der Waals surface area contributed by atoms with E-state index in [1.807, 2.05) is 0 Å². The standard InChI is InChI=1S/C20H21FN4O3S/c1-3-11-22-20(26)14-6-4-7-15(13-14)29(27,28)23-12-10-18-24-19-16(21)8-5-9-17(19)25(18)2/h3-9,13,23H,1,10-12H2,2H3,(H,22,26). The summed E-state index contributed by atoms with van der Waals surface area (Å²) in [5.41, 5.74) is 1.13. The molecule has 0 aliphatic heterocycles. The molecule has 1 heterocycles. The van der Waals surface area contributed by atoms with Crippen LogP contribution in [0.2, 0.25) is 0 Å². The molecule has 1 amide bonds. The number of hydrogen-bond donors (Lipinski definition) is 2. The molecule has 3 aromatic rings. The lowest BCUT2D eigenvalue weighted by Gasteiger charge is -2.09. The van der Waals surface area contributed by atoms with Gasteiger partial charge in [0, 0.05) is 32.1 Å². The fourth-order valence-corrected chi connectivity index (χ4v) is 3.98. The Hall–Kier alpha value is -3.04. The monoisotopic (exact) mass is 416 g/mol. The van der Waals surface area contributed by atoms with Gasteiger partial charge in [0.25, 0.3) is 5.91 Å². The molecule has 0 saturated carbocycles. The van der Waals surface area contributed by atoms with Crippen molar-refractivity contribution in [2.75, 3.05) is 13.1 Å². The maximum atomic E-state index is 13.9. The van der Waals surface area contributed by atoms with Crippen molar-refractivity contribution in [3.05, 3.63) is 72.3 Å². The predicted octanol–water partition coefficient (Wildman–Crippen LogP) is 2.15. The molecular formula is C20H21FN4O3S. The van der Waals surface area contributed by atoms with Crippen LogP contribution in [0.25, 0.3) is 11.0 Å². The Morgan fingerprint density at radius 2 is 2.03 bits per heavy atom. The van der Waals surface area contributed by atoms with Gasteiger partial charge in [-0.15, -0.1) is 6.58 Å². The van der Waals surface area contributed by atoms with Crippen molar-refractivity contribution in [2.45, 2.75) is 11.3 Å². The van der Waals surface area contributed by atoms with E-state index >= 15 is 0 Å². The highest BCUT2D eigenvalue weighted by Crippen LogP contribution is 2.18. The molecule has 29 heavy (non-hydrogen) atoms. The fraction of sp³-hybridized carbons (Fsp3) is 0.200. The van der Waals surface area contributed by atoms with E-state index in [-0.39, 0.29) is 41.4 Å². The number of sulfonamides is 1. The maximum Gasteiger partial charge on any atom is 0.251 e. The second-order valence-electron chi connectivity index (χ2n) is 6.37. The Balaban J connectivity index is 1.71. The van der Waals surface area contributed by atoms with Gasteiger partial charge in [0.1, 0.15) is 11.3 Å². The summed E-state index contributed by atoms with van der Waals surface area (Å²) in [4.78, 5) is 16.3. The van der Waals surface area contributed by atoms with Crippen molar-refractivity contribution in [3.63, 3.8) is 0 Å². The molecule has 0 atom stereocenters. The zero-order valence-corrected chi connectivity index (χ0v) is 16.7. The van der Waals surface area contributed by atoms with E-state index in [9.17, 15) is 17.6 Å². The summed E-state index contributed by atoms with van der Waals surface area (Å²) in [7, 11) is -2.07. The van der Waals surface area contributed by atoms with E-state index in [0.717, 1.165) is 0 Å². The second kappa shape index (κ2) is 8.54.